The predicted octanol–water partition coefficient (Wildman–Crippen LogP) is 3.69. The van der Waals surface area contributed by atoms with Gasteiger partial charge in [-0.1, -0.05) is 30.0 Å². The van der Waals surface area contributed by atoms with Gasteiger partial charge in [0.05, 0.1) is 23.0 Å². The first kappa shape index (κ1) is 17.2. The second kappa shape index (κ2) is 7.55. The maximum atomic E-state index is 13.1. The Kier molecular flexibility index (Phi) is 4.80. The van der Waals surface area contributed by atoms with Crippen molar-refractivity contribution in [3.05, 3.63) is 72.9 Å². The van der Waals surface area contributed by atoms with Crippen molar-refractivity contribution < 1.29 is 9.18 Å². The van der Waals surface area contributed by atoms with Gasteiger partial charge in [-0.3, -0.25) is 4.79 Å². The van der Waals surface area contributed by atoms with Crippen LogP contribution >= 0.6 is 11.8 Å². The molecule has 0 aliphatic rings. The molecule has 0 atom stereocenters. The van der Waals surface area contributed by atoms with Crippen LogP contribution in [0.15, 0.2) is 72.1 Å². The number of fused-ring (bicyclic) bond motifs is 1. The van der Waals surface area contributed by atoms with Crippen LogP contribution < -0.4 is 5.32 Å². The lowest BCUT2D eigenvalue weighted by Gasteiger charge is -2.05. The average molecular weight is 379 g/mol. The third-order valence-electron chi connectivity index (χ3n) is 3.80. The fraction of sp³-hybridized carbons (Fsp3) is 0.0526. The van der Waals surface area contributed by atoms with Crippen LogP contribution in [0.2, 0.25) is 0 Å². The number of hydrogen-bond acceptors (Lipinski definition) is 5. The van der Waals surface area contributed by atoms with Gasteiger partial charge >= 0.3 is 0 Å². The van der Waals surface area contributed by atoms with Gasteiger partial charge in [-0.05, 0) is 36.4 Å². The van der Waals surface area contributed by atoms with Crippen LogP contribution in [0, 0.1) is 5.82 Å². The molecule has 0 unspecified atom stereocenters. The molecule has 0 saturated heterocycles. The normalized spacial score (nSPS) is 10.9. The molecule has 2 heterocycles. The van der Waals surface area contributed by atoms with E-state index in [1.807, 2.05) is 30.3 Å². The zero-order valence-corrected chi connectivity index (χ0v) is 14.9. The van der Waals surface area contributed by atoms with Crippen LogP contribution in [0.5, 0.6) is 0 Å². The van der Waals surface area contributed by atoms with Crippen molar-refractivity contribution in [2.24, 2.45) is 0 Å². The molecule has 1 N–H and O–H groups in total. The Morgan fingerprint density at radius 3 is 2.63 bits per heavy atom. The molecule has 0 spiro atoms. The number of rotatable bonds is 5. The number of anilines is 1. The zero-order chi connectivity index (χ0) is 18.6. The van der Waals surface area contributed by atoms with Crippen molar-refractivity contribution in [1.82, 2.24) is 19.7 Å². The first-order valence-corrected chi connectivity index (χ1v) is 9.11. The molecule has 2 aromatic carbocycles. The summed E-state index contributed by atoms with van der Waals surface area (Å²) in [7, 11) is 0. The Morgan fingerprint density at radius 1 is 1.07 bits per heavy atom. The van der Waals surface area contributed by atoms with E-state index in [1.54, 1.807) is 23.0 Å². The fourth-order valence-electron chi connectivity index (χ4n) is 2.56. The second-order valence-corrected chi connectivity index (χ2v) is 6.62. The Labute approximate surface area is 158 Å². The van der Waals surface area contributed by atoms with Crippen molar-refractivity contribution in [1.29, 1.82) is 0 Å². The van der Waals surface area contributed by atoms with Crippen LogP contribution in [0.25, 0.3) is 16.7 Å². The van der Waals surface area contributed by atoms with E-state index >= 15 is 0 Å². The molecule has 6 nitrogen and oxygen atoms in total. The van der Waals surface area contributed by atoms with E-state index in [0.29, 0.717) is 16.4 Å². The van der Waals surface area contributed by atoms with Crippen molar-refractivity contribution in [3.63, 3.8) is 0 Å². The van der Waals surface area contributed by atoms with Gasteiger partial charge in [0, 0.05) is 5.69 Å². The molecule has 2 aromatic heterocycles. The largest absolute Gasteiger partial charge is 0.325 e. The van der Waals surface area contributed by atoms with Gasteiger partial charge in [-0.15, -0.1) is 0 Å². The molecular weight excluding hydrogens is 365 g/mol. The highest BCUT2D eigenvalue weighted by molar-refractivity contribution is 8.00. The summed E-state index contributed by atoms with van der Waals surface area (Å²) >= 11 is 1.31. The topological polar surface area (TPSA) is 72.7 Å². The van der Waals surface area contributed by atoms with Gasteiger partial charge in [0.2, 0.25) is 5.91 Å². The van der Waals surface area contributed by atoms with Crippen LogP contribution in [0.4, 0.5) is 10.1 Å². The fourth-order valence-corrected chi connectivity index (χ4v) is 3.32. The Bertz CT molecular complexity index is 1080. The SMILES string of the molecule is O=C(CSc1ncnc2c1cnn2-c1ccc(F)cc1)Nc1ccccc1. The molecular formula is C19H14FN5OS. The molecule has 27 heavy (non-hydrogen) atoms. The van der Waals surface area contributed by atoms with Crippen LogP contribution in [-0.2, 0) is 4.79 Å². The number of nitrogens with zero attached hydrogens (tertiary/aromatic N) is 4. The number of para-hydroxylation sites is 1. The van der Waals surface area contributed by atoms with Gasteiger partial charge in [-0.2, -0.15) is 5.10 Å². The Morgan fingerprint density at radius 2 is 1.85 bits per heavy atom. The van der Waals surface area contributed by atoms with Crippen molar-refractivity contribution >= 4 is 34.4 Å². The van der Waals surface area contributed by atoms with Gasteiger partial charge in [0.15, 0.2) is 5.65 Å². The first-order chi connectivity index (χ1) is 13.2. The van der Waals surface area contributed by atoms with E-state index in [2.05, 4.69) is 20.4 Å². The molecule has 134 valence electrons. The number of carbonyl (C=O) groups is 1. The number of amides is 1. The molecule has 4 aromatic rings. The summed E-state index contributed by atoms with van der Waals surface area (Å²) in [5.74, 6) is -0.225. The van der Waals surface area contributed by atoms with Crippen molar-refractivity contribution in [2.75, 3.05) is 11.1 Å². The summed E-state index contributed by atoms with van der Waals surface area (Å²) < 4.78 is 14.8. The minimum absolute atomic E-state index is 0.121. The number of nitrogens with one attached hydrogen (secondary N) is 1. The summed E-state index contributed by atoms with van der Waals surface area (Å²) in [5.41, 5.74) is 2.05. The average Bonchev–Trinajstić information content (AvgIpc) is 3.12. The summed E-state index contributed by atoms with van der Waals surface area (Å²) in [6.07, 6.45) is 3.08. The van der Waals surface area contributed by atoms with Gasteiger partial charge in [-0.25, -0.2) is 19.0 Å². The van der Waals surface area contributed by atoms with Crippen LogP contribution in [-0.4, -0.2) is 31.4 Å². The van der Waals surface area contributed by atoms with Crippen molar-refractivity contribution in [2.45, 2.75) is 5.03 Å². The molecule has 0 aliphatic carbocycles. The van der Waals surface area contributed by atoms with E-state index in [9.17, 15) is 9.18 Å². The van der Waals surface area contributed by atoms with Gasteiger partial charge < -0.3 is 5.32 Å². The smallest absolute Gasteiger partial charge is 0.234 e. The number of hydrogen-bond donors (Lipinski definition) is 1. The molecule has 0 fully saturated rings. The lowest BCUT2D eigenvalue weighted by molar-refractivity contribution is -0.113. The maximum absolute atomic E-state index is 13.1. The molecule has 0 radical (unpaired) electrons. The minimum atomic E-state index is -0.314. The lowest BCUT2D eigenvalue weighted by Crippen LogP contribution is -2.14. The van der Waals surface area contributed by atoms with Crippen LogP contribution in [0.3, 0.4) is 0 Å². The summed E-state index contributed by atoms with van der Waals surface area (Å²) in [5, 5.41) is 8.56. The molecule has 0 saturated carbocycles. The summed E-state index contributed by atoms with van der Waals surface area (Å²) in [4.78, 5) is 20.7. The zero-order valence-electron chi connectivity index (χ0n) is 14.0. The quantitative estimate of drug-likeness (QED) is 0.423. The molecule has 8 heteroatoms. The standard InChI is InChI=1S/C19H14FN5OS/c20-13-6-8-15(9-7-13)25-18-16(10-23-25)19(22-12-21-18)27-11-17(26)24-14-4-2-1-3-5-14/h1-10,12H,11H2,(H,24,26). The Hall–Kier alpha value is -3.26. The van der Waals surface area contributed by atoms with E-state index < -0.39 is 0 Å². The van der Waals surface area contributed by atoms with E-state index in [1.165, 1.54) is 30.2 Å². The molecule has 1 amide bonds. The third-order valence-corrected chi connectivity index (χ3v) is 4.80. The summed E-state index contributed by atoms with van der Waals surface area (Å²) in [6, 6.07) is 15.3. The summed E-state index contributed by atoms with van der Waals surface area (Å²) in [6.45, 7) is 0. The monoisotopic (exact) mass is 379 g/mol. The molecule has 0 aliphatic heterocycles. The lowest BCUT2D eigenvalue weighted by atomic mass is 10.3. The van der Waals surface area contributed by atoms with Crippen LogP contribution in [0.1, 0.15) is 0 Å². The van der Waals surface area contributed by atoms with E-state index in [-0.39, 0.29) is 17.5 Å². The Balaban J connectivity index is 1.53. The highest BCUT2D eigenvalue weighted by Gasteiger charge is 2.13. The second-order valence-electron chi connectivity index (χ2n) is 5.65. The number of benzene rings is 2. The minimum Gasteiger partial charge on any atom is -0.325 e. The van der Waals surface area contributed by atoms with E-state index in [4.69, 9.17) is 0 Å². The van der Waals surface area contributed by atoms with Gasteiger partial charge in [0.1, 0.15) is 17.2 Å². The number of halogens is 1. The van der Waals surface area contributed by atoms with Crippen molar-refractivity contribution in [3.8, 4) is 5.69 Å². The van der Waals surface area contributed by atoms with Gasteiger partial charge in [0.25, 0.3) is 0 Å². The molecule has 0 bridgehead atoms. The number of thioether (sulfide) groups is 1. The first-order valence-electron chi connectivity index (χ1n) is 8.13. The number of aromatic nitrogens is 4. The number of carbonyl (C=O) groups excluding carboxylic acids is 1. The molecule has 4 rings (SSSR count). The third kappa shape index (κ3) is 3.80. The maximum Gasteiger partial charge on any atom is 0.234 e. The highest BCUT2D eigenvalue weighted by Crippen LogP contribution is 2.26. The highest BCUT2D eigenvalue weighted by atomic mass is 32.2. The predicted molar refractivity (Wildman–Crippen MR) is 102 cm³/mol. The van der Waals surface area contributed by atoms with E-state index in [0.717, 1.165) is 11.1 Å².